The smallest absolute Gasteiger partial charge is 0.336 e. The van der Waals surface area contributed by atoms with Gasteiger partial charge >= 0.3 is 11.9 Å². The van der Waals surface area contributed by atoms with Gasteiger partial charge in [-0.15, -0.1) is 0 Å². The number of carboxylic acids is 1. The Kier molecular flexibility index (Phi) is 4.35. The normalized spacial score (nSPS) is 11.7. The highest BCUT2D eigenvalue weighted by Gasteiger charge is 2.21. The zero-order valence-corrected chi connectivity index (χ0v) is 11.4. The number of nitrogens with two attached hydrogens (primary N) is 1. The summed E-state index contributed by atoms with van der Waals surface area (Å²) < 4.78 is 4.65. The molecule has 2 aromatic rings. The largest absolute Gasteiger partial charge is 0.478 e. The molecule has 108 valence electrons. The van der Waals surface area contributed by atoms with Crippen LogP contribution >= 0.6 is 0 Å². The molecule has 2 aromatic carbocycles. The Balaban J connectivity index is 2.61. The summed E-state index contributed by atoms with van der Waals surface area (Å²) in [6.45, 7) is 0. The van der Waals surface area contributed by atoms with Crippen molar-refractivity contribution in [1.82, 2.24) is 0 Å². The molecule has 5 heteroatoms. The second-order valence-electron chi connectivity index (χ2n) is 4.44. The molecule has 1 atom stereocenters. The molecule has 0 heterocycles. The van der Waals surface area contributed by atoms with Crippen LogP contribution in [0.25, 0.3) is 11.1 Å². The zero-order chi connectivity index (χ0) is 15.4. The van der Waals surface area contributed by atoms with Crippen LogP contribution in [0, 0.1) is 0 Å². The van der Waals surface area contributed by atoms with Gasteiger partial charge in [-0.05, 0) is 22.8 Å². The lowest BCUT2D eigenvalue weighted by molar-refractivity contribution is -0.142. The molecule has 0 aliphatic heterocycles. The van der Waals surface area contributed by atoms with Crippen molar-refractivity contribution < 1.29 is 19.4 Å². The minimum atomic E-state index is -1.04. The molecule has 5 nitrogen and oxygen atoms in total. The molecule has 2 rings (SSSR count). The van der Waals surface area contributed by atoms with Crippen molar-refractivity contribution >= 4 is 11.9 Å². The van der Waals surface area contributed by atoms with Crippen molar-refractivity contribution in [1.29, 1.82) is 0 Å². The fraction of sp³-hybridized carbons (Fsp3) is 0.125. The number of carboxylic acid groups (broad SMARTS) is 1. The van der Waals surface area contributed by atoms with E-state index in [9.17, 15) is 14.7 Å². The molecule has 0 aliphatic rings. The number of carbonyl (C=O) groups is 2. The van der Waals surface area contributed by atoms with Crippen molar-refractivity contribution in [3.05, 3.63) is 59.7 Å². The zero-order valence-electron chi connectivity index (χ0n) is 11.4. The van der Waals surface area contributed by atoms with Gasteiger partial charge in [0.1, 0.15) is 6.04 Å². The molecule has 21 heavy (non-hydrogen) atoms. The van der Waals surface area contributed by atoms with E-state index in [4.69, 9.17) is 5.73 Å². The first-order chi connectivity index (χ1) is 10.1. The molecule has 0 aromatic heterocycles. The summed E-state index contributed by atoms with van der Waals surface area (Å²) in [6.07, 6.45) is 0. The molecule has 1 unspecified atom stereocenters. The fourth-order valence-corrected chi connectivity index (χ4v) is 2.17. The van der Waals surface area contributed by atoms with Crippen molar-refractivity contribution in [2.24, 2.45) is 5.73 Å². The molecular formula is C16H15NO4. The Labute approximate surface area is 122 Å². The maximum Gasteiger partial charge on any atom is 0.336 e. The summed E-state index contributed by atoms with van der Waals surface area (Å²) >= 11 is 0. The summed E-state index contributed by atoms with van der Waals surface area (Å²) in [5.41, 5.74) is 7.69. The number of benzene rings is 2. The standard InChI is InChI=1S/C16H15NO4/c1-21-16(20)14(17)12-8-4-2-6-10(12)11-7-3-5-9-13(11)15(18)19/h2-9,14H,17H2,1H3,(H,18,19). The van der Waals surface area contributed by atoms with Gasteiger partial charge < -0.3 is 15.6 Å². The molecule has 0 spiro atoms. The molecule has 0 bridgehead atoms. The third-order valence-corrected chi connectivity index (χ3v) is 3.20. The van der Waals surface area contributed by atoms with E-state index >= 15 is 0 Å². The van der Waals surface area contributed by atoms with E-state index in [2.05, 4.69) is 4.74 Å². The number of rotatable bonds is 4. The Morgan fingerprint density at radius 1 is 1.05 bits per heavy atom. The molecule has 0 saturated carbocycles. The van der Waals surface area contributed by atoms with Gasteiger partial charge in [0.25, 0.3) is 0 Å². The van der Waals surface area contributed by atoms with Crippen molar-refractivity contribution in [2.75, 3.05) is 7.11 Å². The van der Waals surface area contributed by atoms with E-state index in [1.807, 2.05) is 0 Å². The molecule has 0 amide bonds. The van der Waals surface area contributed by atoms with Crippen LogP contribution in [0.5, 0.6) is 0 Å². The number of methoxy groups -OCH3 is 1. The number of carbonyl (C=O) groups excluding carboxylic acids is 1. The SMILES string of the molecule is COC(=O)C(N)c1ccccc1-c1ccccc1C(=O)O. The Morgan fingerprint density at radius 2 is 1.62 bits per heavy atom. The Hall–Kier alpha value is -2.66. The molecule has 0 radical (unpaired) electrons. The summed E-state index contributed by atoms with van der Waals surface area (Å²) in [7, 11) is 1.26. The maximum atomic E-state index is 11.7. The van der Waals surface area contributed by atoms with Gasteiger partial charge in [0.05, 0.1) is 12.7 Å². The van der Waals surface area contributed by atoms with Crippen LogP contribution in [-0.2, 0) is 9.53 Å². The van der Waals surface area contributed by atoms with Gasteiger partial charge in [-0.25, -0.2) is 4.79 Å². The van der Waals surface area contributed by atoms with Crippen molar-refractivity contribution in [3.63, 3.8) is 0 Å². The van der Waals surface area contributed by atoms with Gasteiger partial charge in [-0.1, -0.05) is 42.5 Å². The van der Waals surface area contributed by atoms with E-state index in [1.54, 1.807) is 42.5 Å². The van der Waals surface area contributed by atoms with E-state index in [0.717, 1.165) is 0 Å². The third-order valence-electron chi connectivity index (χ3n) is 3.20. The predicted octanol–water partition coefficient (Wildman–Crippen LogP) is 2.22. The van der Waals surface area contributed by atoms with Gasteiger partial charge in [-0.2, -0.15) is 0 Å². The van der Waals surface area contributed by atoms with Crippen LogP contribution in [0.4, 0.5) is 0 Å². The third kappa shape index (κ3) is 2.93. The summed E-state index contributed by atoms with van der Waals surface area (Å²) in [5, 5.41) is 9.29. The van der Waals surface area contributed by atoms with Crippen LogP contribution in [-0.4, -0.2) is 24.2 Å². The molecule has 3 N–H and O–H groups in total. The van der Waals surface area contributed by atoms with Crippen LogP contribution in [0.15, 0.2) is 48.5 Å². The van der Waals surface area contributed by atoms with Gasteiger partial charge in [0.2, 0.25) is 0 Å². The first-order valence-corrected chi connectivity index (χ1v) is 6.31. The average Bonchev–Trinajstić information content (AvgIpc) is 2.53. The number of esters is 1. The lowest BCUT2D eigenvalue weighted by Crippen LogP contribution is -2.23. The minimum absolute atomic E-state index is 0.155. The highest BCUT2D eigenvalue weighted by atomic mass is 16.5. The van der Waals surface area contributed by atoms with Gasteiger partial charge in [0, 0.05) is 0 Å². The summed E-state index contributed by atoms with van der Waals surface area (Å²) in [4.78, 5) is 23.0. The lowest BCUT2D eigenvalue weighted by Gasteiger charge is -2.16. The van der Waals surface area contributed by atoms with Crippen LogP contribution in [0.1, 0.15) is 22.0 Å². The molecule has 0 saturated heterocycles. The maximum absolute atomic E-state index is 11.7. The summed E-state index contributed by atoms with van der Waals surface area (Å²) in [5.74, 6) is -1.61. The molecular weight excluding hydrogens is 270 g/mol. The predicted molar refractivity (Wildman–Crippen MR) is 77.8 cm³/mol. The van der Waals surface area contributed by atoms with Gasteiger partial charge in [0.15, 0.2) is 0 Å². The van der Waals surface area contributed by atoms with Crippen LogP contribution in [0.2, 0.25) is 0 Å². The van der Waals surface area contributed by atoms with E-state index in [0.29, 0.717) is 16.7 Å². The van der Waals surface area contributed by atoms with E-state index in [-0.39, 0.29) is 5.56 Å². The van der Waals surface area contributed by atoms with Crippen LogP contribution < -0.4 is 5.73 Å². The summed E-state index contributed by atoms with van der Waals surface area (Å²) in [6, 6.07) is 12.6. The van der Waals surface area contributed by atoms with Crippen molar-refractivity contribution in [3.8, 4) is 11.1 Å². The van der Waals surface area contributed by atoms with E-state index < -0.39 is 18.0 Å². The average molecular weight is 285 g/mol. The minimum Gasteiger partial charge on any atom is -0.478 e. The number of ether oxygens (including phenoxy) is 1. The molecule has 0 aliphatic carbocycles. The fourth-order valence-electron chi connectivity index (χ4n) is 2.17. The number of aromatic carboxylic acids is 1. The first kappa shape index (κ1) is 14.7. The number of hydrogen-bond donors (Lipinski definition) is 2. The second-order valence-corrected chi connectivity index (χ2v) is 4.44. The number of hydrogen-bond acceptors (Lipinski definition) is 4. The quantitative estimate of drug-likeness (QED) is 0.841. The van der Waals surface area contributed by atoms with E-state index in [1.165, 1.54) is 13.2 Å². The second kappa shape index (κ2) is 6.19. The van der Waals surface area contributed by atoms with Gasteiger partial charge in [-0.3, -0.25) is 4.79 Å². The Bertz CT molecular complexity index is 681. The van der Waals surface area contributed by atoms with Crippen LogP contribution in [0.3, 0.4) is 0 Å². The van der Waals surface area contributed by atoms with Crippen molar-refractivity contribution in [2.45, 2.75) is 6.04 Å². The molecule has 0 fully saturated rings. The lowest BCUT2D eigenvalue weighted by atomic mass is 9.92. The Morgan fingerprint density at radius 3 is 2.24 bits per heavy atom. The first-order valence-electron chi connectivity index (χ1n) is 6.31. The highest BCUT2D eigenvalue weighted by Crippen LogP contribution is 2.30. The topological polar surface area (TPSA) is 89.6 Å². The highest BCUT2D eigenvalue weighted by molar-refractivity contribution is 5.97. The monoisotopic (exact) mass is 285 g/mol.